The van der Waals surface area contributed by atoms with E-state index < -0.39 is 0 Å². The van der Waals surface area contributed by atoms with Gasteiger partial charge in [0.25, 0.3) is 0 Å². The van der Waals surface area contributed by atoms with Gasteiger partial charge in [0.15, 0.2) is 0 Å². The summed E-state index contributed by atoms with van der Waals surface area (Å²) >= 11 is 0. The van der Waals surface area contributed by atoms with E-state index in [0.29, 0.717) is 12.0 Å². The predicted octanol–water partition coefficient (Wildman–Crippen LogP) is 3.36. The first-order valence-corrected chi connectivity index (χ1v) is 8.35. The molecule has 1 aromatic carbocycles. The topological polar surface area (TPSA) is 41.0 Å². The molecule has 4 nitrogen and oxygen atoms in total. The Labute approximate surface area is 139 Å². The van der Waals surface area contributed by atoms with Gasteiger partial charge in [-0.2, -0.15) is 0 Å². The van der Waals surface area contributed by atoms with E-state index in [2.05, 4.69) is 65.2 Å². The summed E-state index contributed by atoms with van der Waals surface area (Å²) < 4.78 is 0. The van der Waals surface area contributed by atoms with Gasteiger partial charge in [-0.3, -0.25) is 4.90 Å². The van der Waals surface area contributed by atoms with Gasteiger partial charge in [-0.05, 0) is 29.0 Å². The lowest BCUT2D eigenvalue weighted by molar-refractivity contribution is 0.195. The average Bonchev–Trinajstić information content (AvgIpc) is 2.54. The molecule has 1 atom stereocenters. The zero-order valence-corrected chi connectivity index (χ0v) is 14.3. The normalized spacial score (nSPS) is 16.7. The minimum Gasteiger partial charge on any atom is -0.350 e. The molecule has 0 bridgehead atoms. The molecule has 0 fully saturated rings. The second kappa shape index (κ2) is 6.67. The van der Waals surface area contributed by atoms with Crippen LogP contribution in [0, 0.1) is 5.41 Å². The van der Waals surface area contributed by atoms with Crippen LogP contribution in [0.3, 0.4) is 0 Å². The molecule has 0 radical (unpaired) electrons. The Morgan fingerprint density at radius 1 is 1.09 bits per heavy atom. The van der Waals surface area contributed by atoms with Crippen molar-refractivity contribution < 1.29 is 0 Å². The van der Waals surface area contributed by atoms with Crippen LogP contribution in [-0.2, 0) is 13.0 Å². The number of anilines is 1. The van der Waals surface area contributed by atoms with Gasteiger partial charge in [-0.15, -0.1) is 0 Å². The molecule has 2 aromatic rings. The first-order valence-electron chi connectivity index (χ1n) is 8.35. The SMILES string of the molecule is CC(C)(C)C(CN1CCc2ccccc2C1)Nc1ncccn1. The number of hydrogen-bond acceptors (Lipinski definition) is 4. The summed E-state index contributed by atoms with van der Waals surface area (Å²) in [5.41, 5.74) is 3.09. The van der Waals surface area contributed by atoms with Crippen molar-refractivity contribution in [3.05, 3.63) is 53.9 Å². The van der Waals surface area contributed by atoms with E-state index in [4.69, 9.17) is 0 Å². The smallest absolute Gasteiger partial charge is 0.222 e. The van der Waals surface area contributed by atoms with Crippen LogP contribution in [0.25, 0.3) is 0 Å². The molecule has 0 saturated carbocycles. The monoisotopic (exact) mass is 310 g/mol. The fourth-order valence-electron chi connectivity index (χ4n) is 3.03. The Hall–Kier alpha value is -1.94. The van der Waals surface area contributed by atoms with Gasteiger partial charge in [-0.25, -0.2) is 9.97 Å². The van der Waals surface area contributed by atoms with Gasteiger partial charge in [-0.1, -0.05) is 45.0 Å². The Morgan fingerprint density at radius 2 is 1.78 bits per heavy atom. The maximum Gasteiger partial charge on any atom is 0.222 e. The molecule has 1 unspecified atom stereocenters. The molecule has 0 spiro atoms. The third-order valence-corrected chi connectivity index (χ3v) is 4.56. The third-order valence-electron chi connectivity index (χ3n) is 4.56. The quantitative estimate of drug-likeness (QED) is 0.940. The second-order valence-electron chi connectivity index (χ2n) is 7.39. The van der Waals surface area contributed by atoms with Gasteiger partial charge in [0, 0.05) is 38.1 Å². The Morgan fingerprint density at radius 3 is 2.48 bits per heavy atom. The molecule has 0 saturated heterocycles. The van der Waals surface area contributed by atoms with Crippen LogP contribution in [0.4, 0.5) is 5.95 Å². The maximum atomic E-state index is 4.32. The van der Waals surface area contributed by atoms with Gasteiger partial charge in [0.1, 0.15) is 0 Å². The van der Waals surface area contributed by atoms with Gasteiger partial charge >= 0.3 is 0 Å². The molecule has 0 amide bonds. The molecule has 1 aliphatic heterocycles. The number of hydrogen-bond donors (Lipinski definition) is 1. The number of benzene rings is 1. The van der Waals surface area contributed by atoms with Crippen molar-refractivity contribution in [2.75, 3.05) is 18.4 Å². The van der Waals surface area contributed by atoms with E-state index >= 15 is 0 Å². The minimum atomic E-state index is 0.135. The van der Waals surface area contributed by atoms with Crippen molar-refractivity contribution >= 4 is 5.95 Å². The first kappa shape index (κ1) is 15.9. The zero-order chi connectivity index (χ0) is 16.3. The lowest BCUT2D eigenvalue weighted by atomic mass is 9.86. The van der Waals surface area contributed by atoms with E-state index in [1.54, 1.807) is 12.4 Å². The van der Waals surface area contributed by atoms with Crippen molar-refractivity contribution in [2.45, 2.75) is 39.8 Å². The fourth-order valence-corrected chi connectivity index (χ4v) is 3.03. The number of rotatable bonds is 4. The fraction of sp³-hybridized carbons (Fsp3) is 0.474. The molecule has 4 heteroatoms. The highest BCUT2D eigenvalue weighted by Gasteiger charge is 2.28. The van der Waals surface area contributed by atoms with E-state index in [1.807, 2.05) is 6.07 Å². The van der Waals surface area contributed by atoms with Crippen LogP contribution < -0.4 is 5.32 Å². The van der Waals surface area contributed by atoms with E-state index in [0.717, 1.165) is 26.1 Å². The highest BCUT2D eigenvalue weighted by atomic mass is 15.2. The molecule has 23 heavy (non-hydrogen) atoms. The molecule has 1 aliphatic rings. The lowest BCUT2D eigenvalue weighted by Gasteiger charge is -2.37. The Bertz CT molecular complexity index is 633. The van der Waals surface area contributed by atoms with Crippen molar-refractivity contribution in [3.63, 3.8) is 0 Å². The van der Waals surface area contributed by atoms with E-state index in [9.17, 15) is 0 Å². The summed E-state index contributed by atoms with van der Waals surface area (Å²) in [5, 5.41) is 3.53. The van der Waals surface area contributed by atoms with Crippen molar-refractivity contribution in [1.82, 2.24) is 14.9 Å². The summed E-state index contributed by atoms with van der Waals surface area (Å²) in [6.07, 6.45) is 4.70. The standard InChI is InChI=1S/C19H26N4/c1-19(2,3)17(22-18-20-10-6-11-21-18)14-23-12-9-15-7-4-5-8-16(15)13-23/h4-8,10-11,17H,9,12-14H2,1-3H3,(H,20,21,22). The predicted molar refractivity (Wildman–Crippen MR) is 94.3 cm³/mol. The van der Waals surface area contributed by atoms with E-state index in [-0.39, 0.29) is 5.41 Å². The highest BCUT2D eigenvalue weighted by molar-refractivity contribution is 5.30. The van der Waals surface area contributed by atoms with Crippen molar-refractivity contribution in [3.8, 4) is 0 Å². The third kappa shape index (κ3) is 4.08. The molecule has 3 rings (SSSR count). The van der Waals surface area contributed by atoms with Crippen LogP contribution in [0.5, 0.6) is 0 Å². The largest absolute Gasteiger partial charge is 0.350 e. The molecule has 0 aliphatic carbocycles. The lowest BCUT2D eigenvalue weighted by Crippen LogP contribution is -2.46. The minimum absolute atomic E-state index is 0.135. The number of nitrogens with one attached hydrogen (secondary N) is 1. The number of aromatic nitrogens is 2. The Kier molecular flexibility index (Phi) is 4.62. The summed E-state index contributed by atoms with van der Waals surface area (Å²) in [4.78, 5) is 11.2. The second-order valence-corrected chi connectivity index (χ2v) is 7.39. The van der Waals surface area contributed by atoms with Crippen LogP contribution >= 0.6 is 0 Å². The van der Waals surface area contributed by atoms with Crippen molar-refractivity contribution in [1.29, 1.82) is 0 Å². The van der Waals surface area contributed by atoms with Gasteiger partial charge < -0.3 is 5.32 Å². The van der Waals surface area contributed by atoms with Crippen molar-refractivity contribution in [2.24, 2.45) is 5.41 Å². The molecule has 1 N–H and O–H groups in total. The van der Waals surface area contributed by atoms with Crippen LogP contribution in [0.2, 0.25) is 0 Å². The summed E-state index contributed by atoms with van der Waals surface area (Å²) in [5.74, 6) is 0.713. The molecular weight excluding hydrogens is 284 g/mol. The van der Waals surface area contributed by atoms with E-state index in [1.165, 1.54) is 11.1 Å². The van der Waals surface area contributed by atoms with Gasteiger partial charge in [0.05, 0.1) is 0 Å². The van der Waals surface area contributed by atoms with Crippen LogP contribution in [-0.4, -0.2) is 34.0 Å². The molecular formula is C19H26N4. The zero-order valence-electron chi connectivity index (χ0n) is 14.3. The summed E-state index contributed by atoms with van der Waals surface area (Å²) in [6.45, 7) is 9.94. The molecule has 122 valence electrons. The summed E-state index contributed by atoms with van der Waals surface area (Å²) in [6, 6.07) is 10.9. The van der Waals surface area contributed by atoms with Crippen LogP contribution in [0.15, 0.2) is 42.7 Å². The van der Waals surface area contributed by atoms with Gasteiger partial charge in [0.2, 0.25) is 5.95 Å². The number of fused-ring (bicyclic) bond motifs is 1. The average molecular weight is 310 g/mol. The highest BCUT2D eigenvalue weighted by Crippen LogP contribution is 2.25. The van der Waals surface area contributed by atoms with Crippen LogP contribution in [0.1, 0.15) is 31.9 Å². The molecule has 2 heterocycles. The first-order chi connectivity index (χ1) is 11.0. The summed E-state index contributed by atoms with van der Waals surface area (Å²) in [7, 11) is 0. The molecule has 1 aromatic heterocycles. The maximum absolute atomic E-state index is 4.32. The Balaban J connectivity index is 1.70. The number of nitrogens with zero attached hydrogens (tertiary/aromatic N) is 3.